The molecule has 27 heavy (non-hydrogen) atoms. The number of aromatic nitrogens is 2. The van der Waals surface area contributed by atoms with Crippen LogP contribution in [0.4, 0.5) is 5.69 Å². The number of nitrogens with one attached hydrogen (secondary N) is 1. The van der Waals surface area contributed by atoms with Crippen LogP contribution in [0.1, 0.15) is 5.82 Å². The van der Waals surface area contributed by atoms with Crippen LogP contribution < -0.4 is 14.4 Å². The Morgan fingerprint density at radius 2 is 1.63 bits per heavy atom. The Bertz CT molecular complexity index is 940. The lowest BCUT2D eigenvalue weighted by Crippen LogP contribution is -2.45. The molecule has 0 saturated carbocycles. The Labute approximate surface area is 159 Å². The highest BCUT2D eigenvalue weighted by Crippen LogP contribution is 2.25. The van der Waals surface area contributed by atoms with Crippen LogP contribution in [0.3, 0.4) is 0 Å². The van der Waals surface area contributed by atoms with Crippen LogP contribution in [-0.4, -0.2) is 55.3 Å². The van der Waals surface area contributed by atoms with Crippen LogP contribution in [0.5, 0.6) is 11.5 Å². The number of nitrogens with zero attached hydrogens (tertiary/aromatic N) is 3. The molecule has 0 unspecified atom stereocenters. The van der Waals surface area contributed by atoms with E-state index in [9.17, 15) is 0 Å². The summed E-state index contributed by atoms with van der Waals surface area (Å²) in [6.07, 6.45) is 0. The number of methoxy groups -OCH3 is 2. The molecule has 2 heterocycles. The molecule has 3 aromatic rings. The fourth-order valence-electron chi connectivity index (χ4n) is 3.43. The molecule has 1 aliphatic rings. The highest BCUT2D eigenvalue weighted by atomic mass is 16.5. The van der Waals surface area contributed by atoms with E-state index in [0.717, 1.165) is 60.2 Å². The van der Waals surface area contributed by atoms with Crippen LogP contribution in [0.15, 0.2) is 49.0 Å². The van der Waals surface area contributed by atoms with E-state index in [1.807, 2.05) is 30.3 Å². The average Bonchev–Trinajstić information content (AvgIpc) is 3.16. The van der Waals surface area contributed by atoms with Crippen molar-refractivity contribution in [2.24, 2.45) is 0 Å². The summed E-state index contributed by atoms with van der Waals surface area (Å²) < 4.78 is 10.5. The van der Waals surface area contributed by atoms with Gasteiger partial charge in [-0.25, -0.2) is 4.98 Å². The number of anilines is 1. The van der Waals surface area contributed by atoms with Crippen LogP contribution in [0, 0.1) is 0 Å². The number of aromatic amines is 1. The minimum atomic E-state index is 0.816. The molecule has 140 valence electrons. The molecule has 1 N–H and O–H groups in total. The van der Waals surface area contributed by atoms with Crippen LogP contribution >= 0.6 is 0 Å². The Balaban J connectivity index is 1.43. The quantitative estimate of drug-likeness (QED) is 0.752. The van der Waals surface area contributed by atoms with Crippen molar-refractivity contribution in [1.82, 2.24) is 14.9 Å². The molecule has 0 amide bonds. The van der Waals surface area contributed by atoms with Crippen molar-refractivity contribution in [2.75, 3.05) is 45.3 Å². The number of fused-ring (bicyclic) bond motifs is 1. The molecule has 0 radical (unpaired) electrons. The largest absolute Gasteiger partial charge is 0.497 e. The van der Waals surface area contributed by atoms with E-state index in [-0.39, 0.29) is 0 Å². The zero-order chi connectivity index (χ0) is 18.8. The smallest absolute Gasteiger partial charge is 0.154 e. The third kappa shape index (κ3) is 3.43. The first kappa shape index (κ1) is 17.3. The van der Waals surface area contributed by atoms with E-state index in [4.69, 9.17) is 9.47 Å². The molecule has 2 aromatic carbocycles. The maximum absolute atomic E-state index is 5.28. The van der Waals surface area contributed by atoms with Gasteiger partial charge in [0, 0.05) is 37.9 Å². The van der Waals surface area contributed by atoms with Gasteiger partial charge in [-0.3, -0.25) is 0 Å². The third-order valence-electron chi connectivity index (χ3n) is 5.06. The number of rotatable bonds is 5. The second-order valence-corrected chi connectivity index (χ2v) is 6.59. The predicted octanol–water partition coefficient (Wildman–Crippen LogP) is 3.37. The summed E-state index contributed by atoms with van der Waals surface area (Å²) in [5.74, 6) is 2.51. The van der Waals surface area contributed by atoms with Gasteiger partial charge in [0.2, 0.25) is 0 Å². The Hall–Kier alpha value is -3.15. The van der Waals surface area contributed by atoms with Gasteiger partial charge < -0.3 is 24.3 Å². The summed E-state index contributed by atoms with van der Waals surface area (Å²) in [5.41, 5.74) is 4.03. The van der Waals surface area contributed by atoms with Crippen LogP contribution in [0.2, 0.25) is 0 Å². The van der Waals surface area contributed by atoms with Crippen molar-refractivity contribution in [3.63, 3.8) is 0 Å². The van der Waals surface area contributed by atoms with Crippen molar-refractivity contribution >= 4 is 22.4 Å². The summed E-state index contributed by atoms with van der Waals surface area (Å²) in [5, 5.41) is 0. The summed E-state index contributed by atoms with van der Waals surface area (Å²) >= 11 is 0. The topological polar surface area (TPSA) is 53.6 Å². The molecule has 0 spiro atoms. The second kappa shape index (κ2) is 7.23. The minimum Gasteiger partial charge on any atom is -0.497 e. The third-order valence-corrected chi connectivity index (χ3v) is 5.06. The molecule has 6 nitrogen and oxygen atoms in total. The van der Waals surface area contributed by atoms with Gasteiger partial charge in [-0.1, -0.05) is 6.58 Å². The monoisotopic (exact) mass is 364 g/mol. The normalized spacial score (nSPS) is 14.4. The van der Waals surface area contributed by atoms with Gasteiger partial charge in [0.15, 0.2) is 5.82 Å². The summed E-state index contributed by atoms with van der Waals surface area (Å²) in [7, 11) is 3.35. The van der Waals surface area contributed by atoms with Gasteiger partial charge in [-0.2, -0.15) is 0 Å². The molecule has 0 atom stereocenters. The Kier molecular flexibility index (Phi) is 4.62. The molecule has 6 heteroatoms. The van der Waals surface area contributed by atoms with E-state index in [0.29, 0.717) is 0 Å². The molecule has 0 bridgehead atoms. The highest BCUT2D eigenvalue weighted by molar-refractivity contribution is 5.79. The number of benzene rings is 2. The van der Waals surface area contributed by atoms with Crippen LogP contribution in [-0.2, 0) is 0 Å². The molecule has 1 aromatic heterocycles. The first-order valence-electron chi connectivity index (χ1n) is 9.05. The van der Waals surface area contributed by atoms with E-state index >= 15 is 0 Å². The lowest BCUT2D eigenvalue weighted by atomic mass is 10.2. The SMILES string of the molecule is C=C(c1nc2ccc(OC)cc2[nH]1)N1CCN(c2ccc(OC)cc2)CC1. The van der Waals surface area contributed by atoms with Crippen molar-refractivity contribution in [3.8, 4) is 11.5 Å². The Morgan fingerprint density at radius 1 is 0.963 bits per heavy atom. The van der Waals surface area contributed by atoms with Gasteiger partial charge in [0.05, 0.1) is 31.0 Å². The van der Waals surface area contributed by atoms with Crippen molar-refractivity contribution in [2.45, 2.75) is 0 Å². The molecule has 0 aliphatic carbocycles. The summed E-state index contributed by atoms with van der Waals surface area (Å²) in [4.78, 5) is 12.7. The maximum Gasteiger partial charge on any atom is 0.154 e. The number of H-pyrrole nitrogens is 1. The average molecular weight is 364 g/mol. The Morgan fingerprint density at radius 3 is 2.30 bits per heavy atom. The van der Waals surface area contributed by atoms with E-state index < -0.39 is 0 Å². The number of hydrogen-bond acceptors (Lipinski definition) is 5. The fourth-order valence-corrected chi connectivity index (χ4v) is 3.43. The van der Waals surface area contributed by atoms with Crippen molar-refractivity contribution in [1.29, 1.82) is 0 Å². The number of ether oxygens (including phenoxy) is 2. The van der Waals surface area contributed by atoms with Crippen molar-refractivity contribution < 1.29 is 9.47 Å². The molecular weight excluding hydrogens is 340 g/mol. The van der Waals surface area contributed by atoms with Gasteiger partial charge in [-0.05, 0) is 36.4 Å². The molecule has 4 rings (SSSR count). The number of imidazole rings is 1. The lowest BCUT2D eigenvalue weighted by molar-refractivity contribution is 0.366. The maximum atomic E-state index is 5.28. The zero-order valence-electron chi connectivity index (χ0n) is 15.7. The van der Waals surface area contributed by atoms with E-state index in [1.165, 1.54) is 5.69 Å². The van der Waals surface area contributed by atoms with Gasteiger partial charge in [0.1, 0.15) is 11.5 Å². The molecule has 1 aliphatic heterocycles. The van der Waals surface area contributed by atoms with Gasteiger partial charge in [-0.15, -0.1) is 0 Å². The summed E-state index contributed by atoms with van der Waals surface area (Å²) in [6, 6.07) is 14.1. The van der Waals surface area contributed by atoms with E-state index in [1.54, 1.807) is 14.2 Å². The van der Waals surface area contributed by atoms with Crippen LogP contribution in [0.25, 0.3) is 16.7 Å². The molecular formula is C21H24N4O2. The highest BCUT2D eigenvalue weighted by Gasteiger charge is 2.20. The minimum absolute atomic E-state index is 0.816. The lowest BCUT2D eigenvalue weighted by Gasteiger charge is -2.37. The first-order chi connectivity index (χ1) is 13.2. The number of piperazine rings is 1. The molecule has 1 saturated heterocycles. The van der Waals surface area contributed by atoms with Gasteiger partial charge in [0.25, 0.3) is 0 Å². The zero-order valence-corrected chi connectivity index (χ0v) is 15.7. The number of hydrogen-bond donors (Lipinski definition) is 1. The van der Waals surface area contributed by atoms with Gasteiger partial charge >= 0.3 is 0 Å². The molecule has 1 fully saturated rings. The second-order valence-electron chi connectivity index (χ2n) is 6.59. The fraction of sp³-hybridized carbons (Fsp3) is 0.286. The first-order valence-corrected chi connectivity index (χ1v) is 9.05. The van der Waals surface area contributed by atoms with Crippen molar-refractivity contribution in [3.05, 3.63) is 54.9 Å². The standard InChI is InChI=1S/C21H24N4O2/c1-15(21-22-19-9-8-18(27-3)14-20(19)23-21)24-10-12-25(13-11-24)16-4-6-17(26-2)7-5-16/h4-9,14H,1,10-13H2,2-3H3,(H,22,23). The summed E-state index contributed by atoms with van der Waals surface area (Å²) in [6.45, 7) is 7.98. The van der Waals surface area contributed by atoms with E-state index in [2.05, 4.69) is 38.5 Å². The predicted molar refractivity (Wildman–Crippen MR) is 108 cm³/mol.